The van der Waals surface area contributed by atoms with Crippen molar-refractivity contribution >= 4 is 17.0 Å². The second-order valence-electron chi connectivity index (χ2n) is 9.52. The van der Waals surface area contributed by atoms with Gasteiger partial charge < -0.3 is 14.8 Å². The van der Waals surface area contributed by atoms with E-state index in [-0.39, 0.29) is 0 Å². The number of hydrogen-bond donors (Lipinski definition) is 1. The zero-order chi connectivity index (χ0) is 25.8. The lowest BCUT2D eigenvalue weighted by Crippen LogP contribution is -2.40. The van der Waals surface area contributed by atoms with Gasteiger partial charge in [-0.1, -0.05) is 36.4 Å². The summed E-state index contributed by atoms with van der Waals surface area (Å²) in [6.45, 7) is 3.33. The van der Waals surface area contributed by atoms with Crippen molar-refractivity contribution in [3.8, 4) is 6.07 Å². The Morgan fingerprint density at radius 2 is 1.59 bits per heavy atom. The van der Waals surface area contributed by atoms with Crippen molar-refractivity contribution in [2.45, 2.75) is 38.0 Å². The van der Waals surface area contributed by atoms with Crippen LogP contribution in [0.15, 0.2) is 72.8 Å². The monoisotopic (exact) mass is 503 g/mol. The molecule has 5 rings (SSSR count). The lowest BCUT2D eigenvalue weighted by Gasteiger charge is -2.32. The quantitative estimate of drug-likeness (QED) is 0.331. The fourth-order valence-corrected chi connectivity index (χ4v) is 4.84. The van der Waals surface area contributed by atoms with E-state index in [1.807, 2.05) is 42.5 Å². The van der Waals surface area contributed by atoms with Gasteiger partial charge in [-0.3, -0.25) is 0 Å². The van der Waals surface area contributed by atoms with Crippen LogP contribution in [0.25, 0.3) is 11.0 Å². The number of alkyl halides is 3. The summed E-state index contributed by atoms with van der Waals surface area (Å²) in [5.74, 6) is 0.841. The molecule has 0 unspecified atom stereocenters. The number of imidazole rings is 1. The molecule has 1 aliphatic heterocycles. The average Bonchev–Trinajstić information content (AvgIpc) is 3.25. The molecule has 1 saturated heterocycles. The zero-order valence-electron chi connectivity index (χ0n) is 20.4. The number of rotatable bonds is 7. The largest absolute Gasteiger partial charge is 0.416 e. The molecule has 8 heteroatoms. The van der Waals surface area contributed by atoms with Crippen molar-refractivity contribution in [1.82, 2.24) is 14.5 Å². The number of piperidine rings is 1. The summed E-state index contributed by atoms with van der Waals surface area (Å²) in [4.78, 5) is 7.23. The SMILES string of the molecule is N#Cc1ccc(Cn2c(NC3CCN(CCc4ccc(C(F)(F)F)cc4)CC3)nc3ccccc32)cc1. The summed E-state index contributed by atoms with van der Waals surface area (Å²) >= 11 is 0. The predicted molar refractivity (Wildman–Crippen MR) is 138 cm³/mol. The fourth-order valence-electron chi connectivity index (χ4n) is 4.84. The molecule has 0 saturated carbocycles. The maximum atomic E-state index is 12.8. The number of para-hydroxylation sites is 2. The van der Waals surface area contributed by atoms with E-state index in [9.17, 15) is 13.2 Å². The van der Waals surface area contributed by atoms with Crippen LogP contribution in [0.2, 0.25) is 0 Å². The van der Waals surface area contributed by atoms with Crippen LogP contribution >= 0.6 is 0 Å². The van der Waals surface area contributed by atoms with E-state index in [1.165, 1.54) is 0 Å². The molecule has 0 spiro atoms. The second-order valence-corrected chi connectivity index (χ2v) is 9.52. The number of fused-ring (bicyclic) bond motifs is 1. The number of nitrogens with zero attached hydrogens (tertiary/aromatic N) is 4. The molecule has 1 N–H and O–H groups in total. The minimum Gasteiger partial charge on any atom is -0.353 e. The van der Waals surface area contributed by atoms with E-state index < -0.39 is 11.7 Å². The van der Waals surface area contributed by atoms with E-state index in [4.69, 9.17) is 10.2 Å². The molecule has 5 nitrogen and oxygen atoms in total. The Morgan fingerprint density at radius 3 is 2.27 bits per heavy atom. The zero-order valence-corrected chi connectivity index (χ0v) is 20.4. The number of hydrogen-bond acceptors (Lipinski definition) is 4. The number of aromatic nitrogens is 2. The van der Waals surface area contributed by atoms with Crippen LogP contribution in [-0.2, 0) is 19.1 Å². The smallest absolute Gasteiger partial charge is 0.353 e. The molecule has 4 aromatic rings. The third-order valence-corrected chi connectivity index (χ3v) is 7.00. The molecule has 1 fully saturated rings. The molecule has 1 aromatic heterocycles. The highest BCUT2D eigenvalue weighted by atomic mass is 19.4. The Bertz CT molecular complexity index is 1380. The maximum Gasteiger partial charge on any atom is 0.416 e. The fraction of sp³-hybridized carbons (Fsp3) is 0.310. The van der Waals surface area contributed by atoms with Crippen LogP contribution in [0.3, 0.4) is 0 Å². The molecule has 0 radical (unpaired) electrons. The molecule has 0 atom stereocenters. The van der Waals surface area contributed by atoms with Gasteiger partial charge in [0.25, 0.3) is 0 Å². The topological polar surface area (TPSA) is 56.9 Å². The number of likely N-dealkylation sites (tertiary alicyclic amines) is 1. The number of anilines is 1. The van der Waals surface area contributed by atoms with Gasteiger partial charge in [0.2, 0.25) is 5.95 Å². The van der Waals surface area contributed by atoms with Gasteiger partial charge in [0.1, 0.15) is 0 Å². The number of nitrogens with one attached hydrogen (secondary N) is 1. The maximum absolute atomic E-state index is 12.8. The number of nitriles is 1. The Hall–Kier alpha value is -3.83. The van der Waals surface area contributed by atoms with Crippen molar-refractivity contribution in [3.05, 3.63) is 95.1 Å². The van der Waals surface area contributed by atoms with Crippen molar-refractivity contribution < 1.29 is 13.2 Å². The Kier molecular flexibility index (Phi) is 7.15. The number of halogens is 3. The van der Waals surface area contributed by atoms with Crippen molar-refractivity contribution in [1.29, 1.82) is 5.26 Å². The van der Waals surface area contributed by atoms with Crippen LogP contribution in [0.5, 0.6) is 0 Å². The summed E-state index contributed by atoms with van der Waals surface area (Å²) in [5, 5.41) is 12.7. The molecule has 190 valence electrons. The van der Waals surface area contributed by atoms with Gasteiger partial charge in [-0.25, -0.2) is 4.98 Å². The minimum absolute atomic E-state index is 0.291. The molecule has 37 heavy (non-hydrogen) atoms. The van der Waals surface area contributed by atoms with Crippen LogP contribution in [0.4, 0.5) is 19.1 Å². The highest BCUT2D eigenvalue weighted by Crippen LogP contribution is 2.29. The third kappa shape index (κ3) is 5.95. The second kappa shape index (κ2) is 10.7. The van der Waals surface area contributed by atoms with Gasteiger partial charge in [-0.05, 0) is 66.8 Å². The normalized spacial score (nSPS) is 15.1. The van der Waals surface area contributed by atoms with Gasteiger partial charge in [0, 0.05) is 25.7 Å². The molecule has 2 heterocycles. The van der Waals surface area contributed by atoms with Gasteiger partial charge in [0.15, 0.2) is 0 Å². The first kappa shape index (κ1) is 24.8. The molecule has 3 aromatic carbocycles. The van der Waals surface area contributed by atoms with Crippen molar-refractivity contribution in [3.63, 3.8) is 0 Å². The molecular formula is C29H28F3N5. The number of benzene rings is 3. The summed E-state index contributed by atoms with van der Waals surface area (Å²) in [6.07, 6.45) is -1.63. The van der Waals surface area contributed by atoms with Crippen molar-refractivity contribution in [2.75, 3.05) is 25.0 Å². The van der Waals surface area contributed by atoms with Crippen LogP contribution in [0.1, 0.15) is 35.1 Å². The van der Waals surface area contributed by atoms with E-state index in [0.29, 0.717) is 18.2 Å². The van der Waals surface area contributed by atoms with E-state index >= 15 is 0 Å². The Balaban J connectivity index is 1.20. The summed E-state index contributed by atoms with van der Waals surface area (Å²) < 4.78 is 40.5. The standard InChI is InChI=1S/C29H28F3N5/c30-29(31,32)24-11-9-21(10-12-24)13-16-36-17-14-25(15-18-36)34-28-35-26-3-1-2-4-27(26)37(28)20-23-7-5-22(19-33)6-8-23/h1-12,25H,13-18,20H2,(H,34,35). The van der Waals surface area contributed by atoms with Gasteiger partial charge in [-0.15, -0.1) is 0 Å². The summed E-state index contributed by atoms with van der Waals surface area (Å²) in [7, 11) is 0. The van der Waals surface area contributed by atoms with Crippen LogP contribution < -0.4 is 5.32 Å². The summed E-state index contributed by atoms with van der Waals surface area (Å²) in [6, 6.07) is 23.6. The third-order valence-electron chi connectivity index (χ3n) is 7.00. The van der Waals surface area contributed by atoms with Crippen LogP contribution in [-0.4, -0.2) is 40.1 Å². The lowest BCUT2D eigenvalue weighted by atomic mass is 10.0. The van der Waals surface area contributed by atoms with Crippen LogP contribution in [0, 0.1) is 11.3 Å². The Morgan fingerprint density at radius 1 is 0.919 bits per heavy atom. The van der Waals surface area contributed by atoms with Gasteiger partial charge in [-0.2, -0.15) is 18.4 Å². The average molecular weight is 504 g/mol. The van der Waals surface area contributed by atoms with E-state index in [0.717, 1.165) is 79.1 Å². The first-order valence-corrected chi connectivity index (χ1v) is 12.5. The molecule has 1 aliphatic rings. The van der Waals surface area contributed by atoms with E-state index in [2.05, 4.69) is 26.9 Å². The van der Waals surface area contributed by atoms with Gasteiger partial charge >= 0.3 is 6.18 Å². The first-order chi connectivity index (χ1) is 17.9. The molecular weight excluding hydrogens is 475 g/mol. The van der Waals surface area contributed by atoms with Gasteiger partial charge in [0.05, 0.1) is 34.8 Å². The molecule has 0 bridgehead atoms. The molecule has 0 aliphatic carbocycles. The predicted octanol–water partition coefficient (Wildman–Crippen LogP) is 6.09. The van der Waals surface area contributed by atoms with E-state index in [1.54, 1.807) is 12.1 Å². The summed E-state index contributed by atoms with van der Waals surface area (Å²) in [5.41, 5.74) is 4.06. The first-order valence-electron chi connectivity index (χ1n) is 12.5. The van der Waals surface area contributed by atoms with Crippen molar-refractivity contribution in [2.24, 2.45) is 0 Å². The highest BCUT2D eigenvalue weighted by molar-refractivity contribution is 5.78. The minimum atomic E-state index is -4.30. The molecule has 0 amide bonds. The Labute approximate surface area is 214 Å². The lowest BCUT2D eigenvalue weighted by molar-refractivity contribution is -0.137. The highest BCUT2D eigenvalue weighted by Gasteiger charge is 2.30.